The van der Waals surface area contributed by atoms with E-state index in [9.17, 15) is 9.59 Å². The molecule has 0 atom stereocenters. The molecule has 0 fully saturated rings. The highest BCUT2D eigenvalue weighted by molar-refractivity contribution is 5.85. The lowest BCUT2D eigenvalue weighted by Gasteiger charge is -1.95. The lowest BCUT2D eigenvalue weighted by molar-refractivity contribution is -0.125. The zero-order valence-corrected chi connectivity index (χ0v) is 15.1. The number of rotatable bonds is 15. The largest absolute Gasteiger partial charge is 0.299 e. The van der Waals surface area contributed by atoms with Crippen molar-refractivity contribution in [3.63, 3.8) is 0 Å². The molecule has 3 heteroatoms. The number of amides is 2. The molecule has 0 radical (unpaired) electrons. The van der Waals surface area contributed by atoms with E-state index in [1.54, 1.807) is 0 Å². The molecule has 0 unspecified atom stereocenters. The van der Waals surface area contributed by atoms with Crippen molar-refractivity contribution in [3.8, 4) is 0 Å². The normalized spacial score (nSPS) is 12.0. The van der Waals surface area contributed by atoms with E-state index < -0.39 is 0 Å². The van der Waals surface area contributed by atoms with Gasteiger partial charge < -0.3 is 0 Å². The SMILES string of the molecule is CCCCC/C=C\C/C=C\C/C=C\C/C=C\CCCC(=O)NC=O. The molecular formula is C21H33NO2. The van der Waals surface area contributed by atoms with Crippen molar-refractivity contribution in [2.24, 2.45) is 0 Å². The average molecular weight is 332 g/mol. The molecule has 0 aromatic rings. The number of carbonyl (C=O) groups excluding carboxylic acids is 2. The van der Waals surface area contributed by atoms with E-state index in [0.29, 0.717) is 12.8 Å². The Morgan fingerprint density at radius 1 is 0.750 bits per heavy atom. The van der Waals surface area contributed by atoms with Crippen LogP contribution in [0.3, 0.4) is 0 Å². The van der Waals surface area contributed by atoms with Gasteiger partial charge in [-0.15, -0.1) is 0 Å². The van der Waals surface area contributed by atoms with Gasteiger partial charge in [0.25, 0.3) is 0 Å². The smallest absolute Gasteiger partial charge is 0.226 e. The molecule has 0 aliphatic carbocycles. The van der Waals surface area contributed by atoms with Gasteiger partial charge in [-0.1, -0.05) is 68.4 Å². The van der Waals surface area contributed by atoms with Crippen LogP contribution in [0.5, 0.6) is 0 Å². The van der Waals surface area contributed by atoms with Crippen LogP contribution in [0, 0.1) is 0 Å². The third-order valence-electron chi connectivity index (χ3n) is 3.45. The molecule has 0 aliphatic rings. The van der Waals surface area contributed by atoms with Gasteiger partial charge >= 0.3 is 0 Å². The highest BCUT2D eigenvalue weighted by Gasteiger charge is 1.96. The van der Waals surface area contributed by atoms with Crippen molar-refractivity contribution < 1.29 is 9.59 Å². The number of hydrogen-bond acceptors (Lipinski definition) is 2. The molecule has 1 N–H and O–H groups in total. The Morgan fingerprint density at radius 3 is 1.75 bits per heavy atom. The van der Waals surface area contributed by atoms with Gasteiger partial charge in [0, 0.05) is 6.42 Å². The molecule has 0 aliphatic heterocycles. The fraction of sp³-hybridized carbons (Fsp3) is 0.524. The number of imide groups is 1. The summed E-state index contributed by atoms with van der Waals surface area (Å²) in [6.07, 6.45) is 28.0. The summed E-state index contributed by atoms with van der Waals surface area (Å²) in [7, 11) is 0. The molecule has 0 heterocycles. The zero-order chi connectivity index (χ0) is 17.7. The minimum absolute atomic E-state index is 0.208. The van der Waals surface area contributed by atoms with Crippen LogP contribution in [0.4, 0.5) is 0 Å². The monoisotopic (exact) mass is 331 g/mol. The first-order valence-corrected chi connectivity index (χ1v) is 9.14. The molecule has 0 aromatic carbocycles. The molecule has 3 nitrogen and oxygen atoms in total. The first kappa shape index (κ1) is 22.1. The number of hydrogen-bond donors (Lipinski definition) is 1. The average Bonchev–Trinajstić information content (AvgIpc) is 2.58. The minimum Gasteiger partial charge on any atom is -0.299 e. The van der Waals surface area contributed by atoms with Crippen LogP contribution in [0.1, 0.15) is 71.1 Å². The maximum Gasteiger partial charge on any atom is 0.226 e. The Balaban J connectivity index is 3.45. The molecule has 0 rings (SSSR count). The summed E-state index contributed by atoms with van der Waals surface area (Å²) < 4.78 is 0. The Morgan fingerprint density at radius 2 is 1.25 bits per heavy atom. The summed E-state index contributed by atoms with van der Waals surface area (Å²) in [6, 6.07) is 0. The fourth-order valence-electron chi connectivity index (χ4n) is 2.08. The van der Waals surface area contributed by atoms with Gasteiger partial charge in [-0.2, -0.15) is 0 Å². The zero-order valence-electron chi connectivity index (χ0n) is 15.1. The van der Waals surface area contributed by atoms with Crippen LogP contribution in [-0.4, -0.2) is 12.3 Å². The molecule has 24 heavy (non-hydrogen) atoms. The predicted molar refractivity (Wildman–Crippen MR) is 103 cm³/mol. The third-order valence-corrected chi connectivity index (χ3v) is 3.45. The van der Waals surface area contributed by atoms with Gasteiger partial charge in [0.15, 0.2) is 0 Å². The van der Waals surface area contributed by atoms with E-state index in [1.807, 2.05) is 0 Å². The predicted octanol–water partition coefficient (Wildman–Crippen LogP) is 5.40. The third kappa shape index (κ3) is 18.1. The topological polar surface area (TPSA) is 46.2 Å². The summed E-state index contributed by atoms with van der Waals surface area (Å²) in [4.78, 5) is 21.1. The number of nitrogens with one attached hydrogen (secondary N) is 1. The number of carbonyl (C=O) groups is 2. The van der Waals surface area contributed by atoms with E-state index in [0.717, 1.165) is 32.1 Å². The van der Waals surface area contributed by atoms with E-state index >= 15 is 0 Å². The summed E-state index contributed by atoms with van der Waals surface area (Å²) in [5.41, 5.74) is 0. The lowest BCUT2D eigenvalue weighted by Crippen LogP contribution is -2.20. The van der Waals surface area contributed by atoms with Crippen molar-refractivity contribution in [3.05, 3.63) is 48.6 Å². The molecule has 0 bridgehead atoms. The Labute approximate surface area is 147 Å². The van der Waals surface area contributed by atoms with Crippen molar-refractivity contribution in [2.45, 2.75) is 71.1 Å². The summed E-state index contributed by atoms with van der Waals surface area (Å²) in [6.45, 7) is 2.23. The van der Waals surface area contributed by atoms with Crippen LogP contribution < -0.4 is 5.32 Å². The van der Waals surface area contributed by atoms with Crippen LogP contribution in [0.15, 0.2) is 48.6 Å². The van der Waals surface area contributed by atoms with Crippen molar-refractivity contribution in [1.29, 1.82) is 0 Å². The van der Waals surface area contributed by atoms with E-state index in [4.69, 9.17) is 0 Å². The Hall–Kier alpha value is -1.90. The second kappa shape index (κ2) is 19.1. The highest BCUT2D eigenvalue weighted by Crippen LogP contribution is 2.01. The van der Waals surface area contributed by atoms with Gasteiger partial charge in [-0.25, -0.2) is 0 Å². The lowest BCUT2D eigenvalue weighted by atomic mass is 10.2. The molecule has 2 amide bonds. The molecule has 0 aromatic heterocycles. The second-order valence-electron chi connectivity index (χ2n) is 5.67. The van der Waals surface area contributed by atoms with Gasteiger partial charge in [-0.3, -0.25) is 14.9 Å². The van der Waals surface area contributed by atoms with Gasteiger partial charge in [0.05, 0.1) is 0 Å². The fourth-order valence-corrected chi connectivity index (χ4v) is 2.08. The second-order valence-corrected chi connectivity index (χ2v) is 5.67. The van der Waals surface area contributed by atoms with Gasteiger partial charge in [-0.05, 0) is 44.9 Å². The molecule has 0 saturated carbocycles. The highest BCUT2D eigenvalue weighted by atomic mass is 16.2. The summed E-state index contributed by atoms with van der Waals surface area (Å²) in [5, 5.41) is 2.13. The molecule has 134 valence electrons. The van der Waals surface area contributed by atoms with E-state index in [2.05, 4.69) is 60.8 Å². The Bertz CT molecular complexity index is 420. The minimum atomic E-state index is -0.208. The molecule has 0 spiro atoms. The van der Waals surface area contributed by atoms with Crippen LogP contribution >= 0.6 is 0 Å². The molecule has 0 saturated heterocycles. The van der Waals surface area contributed by atoms with Crippen LogP contribution in [0.2, 0.25) is 0 Å². The van der Waals surface area contributed by atoms with E-state index in [1.165, 1.54) is 25.7 Å². The van der Waals surface area contributed by atoms with Crippen molar-refractivity contribution in [2.75, 3.05) is 0 Å². The van der Waals surface area contributed by atoms with Gasteiger partial charge in [0.2, 0.25) is 12.3 Å². The summed E-state index contributed by atoms with van der Waals surface area (Å²) >= 11 is 0. The van der Waals surface area contributed by atoms with Crippen LogP contribution in [-0.2, 0) is 9.59 Å². The molecular weight excluding hydrogens is 298 g/mol. The maximum absolute atomic E-state index is 11.0. The maximum atomic E-state index is 11.0. The van der Waals surface area contributed by atoms with Gasteiger partial charge in [0.1, 0.15) is 0 Å². The summed E-state index contributed by atoms with van der Waals surface area (Å²) in [5.74, 6) is -0.208. The standard InChI is InChI=1S/C21H33NO2/c1-2-3-4-5-6-7-8-9-10-11-12-13-14-15-16-17-18-19-21(24)22-20-23/h6-7,9-10,12-13,15-16,20H,2-5,8,11,14,17-19H2,1H3,(H,22,23,24)/b7-6-,10-9-,13-12-,16-15-. The quantitative estimate of drug-likeness (QED) is 0.248. The number of unbranched alkanes of at least 4 members (excludes halogenated alkanes) is 4. The number of allylic oxidation sites excluding steroid dienone is 8. The van der Waals surface area contributed by atoms with E-state index in [-0.39, 0.29) is 5.91 Å². The van der Waals surface area contributed by atoms with Crippen molar-refractivity contribution in [1.82, 2.24) is 5.32 Å². The first-order chi connectivity index (χ1) is 11.8. The Kier molecular flexibility index (Phi) is 17.6. The van der Waals surface area contributed by atoms with Crippen molar-refractivity contribution >= 4 is 12.3 Å². The van der Waals surface area contributed by atoms with Crippen LogP contribution in [0.25, 0.3) is 0 Å². The first-order valence-electron chi connectivity index (χ1n) is 9.14.